The number of rotatable bonds is 2. The Labute approximate surface area is 93.0 Å². The van der Waals surface area contributed by atoms with Gasteiger partial charge in [0.05, 0.1) is 11.3 Å². The Hall–Kier alpha value is -2.25. The van der Waals surface area contributed by atoms with Crippen molar-refractivity contribution in [3.8, 4) is 0 Å². The van der Waals surface area contributed by atoms with E-state index in [4.69, 9.17) is 10.8 Å². The lowest BCUT2D eigenvalue weighted by molar-refractivity contribution is -0.136. The highest BCUT2D eigenvalue weighted by atomic mass is 19.4. The molecule has 0 aromatic heterocycles. The summed E-state index contributed by atoms with van der Waals surface area (Å²) in [6.45, 7) is 0. The molecule has 17 heavy (non-hydrogen) atoms. The number of hydrogen-bond acceptors (Lipinski definition) is 3. The lowest BCUT2D eigenvalue weighted by atomic mass is 10.1. The van der Waals surface area contributed by atoms with E-state index in [0.717, 1.165) is 6.07 Å². The molecule has 1 aromatic carbocycles. The maximum absolute atomic E-state index is 12.5. The van der Waals surface area contributed by atoms with Gasteiger partial charge in [0.15, 0.2) is 6.29 Å². The van der Waals surface area contributed by atoms with Gasteiger partial charge in [-0.05, 0) is 12.1 Å². The maximum atomic E-state index is 12.5. The summed E-state index contributed by atoms with van der Waals surface area (Å²) >= 11 is 0. The Morgan fingerprint density at radius 1 is 1.41 bits per heavy atom. The van der Waals surface area contributed by atoms with Crippen molar-refractivity contribution in [1.29, 1.82) is 0 Å². The van der Waals surface area contributed by atoms with Crippen LogP contribution >= 0.6 is 0 Å². The van der Waals surface area contributed by atoms with Crippen molar-refractivity contribution in [2.45, 2.75) is 6.18 Å². The van der Waals surface area contributed by atoms with Crippen molar-refractivity contribution in [3.63, 3.8) is 0 Å². The van der Waals surface area contributed by atoms with Crippen LogP contribution in [0.25, 0.3) is 0 Å². The third kappa shape index (κ3) is 2.86. The minimum Gasteiger partial charge on any atom is -0.465 e. The fourth-order valence-corrected chi connectivity index (χ4v) is 1.19. The number of anilines is 2. The standard InChI is InChI=1S/C9H7F3N2O3/c10-9(11,12)5-2-6(13)4(3-15)1-7(5)14-8(16)17/h1-3,14H,13H2,(H,16,17). The van der Waals surface area contributed by atoms with Gasteiger partial charge >= 0.3 is 12.3 Å². The van der Waals surface area contributed by atoms with Crippen LogP contribution in [0, 0.1) is 0 Å². The molecule has 0 aliphatic rings. The van der Waals surface area contributed by atoms with Crippen LogP contribution in [0.3, 0.4) is 0 Å². The molecule has 0 bridgehead atoms. The number of carbonyl (C=O) groups is 2. The second-order valence-corrected chi connectivity index (χ2v) is 3.07. The summed E-state index contributed by atoms with van der Waals surface area (Å²) in [5.41, 5.74) is 2.65. The molecule has 1 aromatic rings. The zero-order chi connectivity index (χ0) is 13.2. The molecule has 0 aliphatic carbocycles. The second kappa shape index (κ2) is 4.32. The Bertz CT molecular complexity index is 471. The van der Waals surface area contributed by atoms with E-state index in [1.807, 2.05) is 0 Å². The van der Waals surface area contributed by atoms with E-state index < -0.39 is 23.5 Å². The lowest BCUT2D eigenvalue weighted by Crippen LogP contribution is -2.15. The quantitative estimate of drug-likeness (QED) is 0.552. The van der Waals surface area contributed by atoms with E-state index in [1.165, 1.54) is 0 Å². The molecule has 0 unspecified atom stereocenters. The van der Waals surface area contributed by atoms with Crippen LogP contribution < -0.4 is 11.1 Å². The van der Waals surface area contributed by atoms with Gasteiger partial charge in [0.1, 0.15) is 0 Å². The zero-order valence-electron chi connectivity index (χ0n) is 8.21. The number of aldehydes is 1. The molecule has 0 heterocycles. The summed E-state index contributed by atoms with van der Waals surface area (Å²) in [5.74, 6) is 0. The minimum absolute atomic E-state index is 0.221. The van der Waals surface area contributed by atoms with E-state index in [1.54, 1.807) is 5.32 Å². The van der Waals surface area contributed by atoms with Crippen LogP contribution in [0.1, 0.15) is 15.9 Å². The average molecular weight is 248 g/mol. The number of nitrogen functional groups attached to an aromatic ring is 1. The van der Waals surface area contributed by atoms with Gasteiger partial charge in [-0.2, -0.15) is 13.2 Å². The van der Waals surface area contributed by atoms with Crippen molar-refractivity contribution in [3.05, 3.63) is 23.3 Å². The predicted molar refractivity (Wildman–Crippen MR) is 52.9 cm³/mol. The normalized spacial score (nSPS) is 11.0. The molecule has 0 aliphatic heterocycles. The largest absolute Gasteiger partial charge is 0.465 e. The highest BCUT2D eigenvalue weighted by Gasteiger charge is 2.34. The van der Waals surface area contributed by atoms with Crippen LogP contribution in [0.5, 0.6) is 0 Å². The third-order valence-corrected chi connectivity index (χ3v) is 1.90. The van der Waals surface area contributed by atoms with Gasteiger partial charge in [-0.25, -0.2) is 4.79 Å². The Morgan fingerprint density at radius 3 is 2.41 bits per heavy atom. The summed E-state index contributed by atoms with van der Waals surface area (Å²) < 4.78 is 37.6. The molecular formula is C9H7F3N2O3. The maximum Gasteiger partial charge on any atom is 0.418 e. The summed E-state index contributed by atoms with van der Waals surface area (Å²) in [5, 5.41) is 9.96. The first kappa shape index (κ1) is 12.8. The Morgan fingerprint density at radius 2 is 2.00 bits per heavy atom. The minimum atomic E-state index is -4.77. The van der Waals surface area contributed by atoms with Crippen molar-refractivity contribution in [2.75, 3.05) is 11.1 Å². The smallest absolute Gasteiger partial charge is 0.418 e. The second-order valence-electron chi connectivity index (χ2n) is 3.07. The fraction of sp³-hybridized carbons (Fsp3) is 0.111. The molecule has 92 valence electrons. The highest BCUT2D eigenvalue weighted by Crippen LogP contribution is 2.37. The van der Waals surface area contributed by atoms with Crippen molar-refractivity contribution >= 4 is 23.8 Å². The van der Waals surface area contributed by atoms with Crippen molar-refractivity contribution < 1.29 is 27.9 Å². The number of benzene rings is 1. The highest BCUT2D eigenvalue weighted by molar-refractivity contribution is 5.90. The Kier molecular flexibility index (Phi) is 3.26. The fourth-order valence-electron chi connectivity index (χ4n) is 1.19. The number of carbonyl (C=O) groups excluding carboxylic acids is 1. The molecule has 0 saturated carbocycles. The van der Waals surface area contributed by atoms with Gasteiger partial charge in [0.25, 0.3) is 0 Å². The van der Waals surface area contributed by atoms with Crippen LogP contribution in [0.4, 0.5) is 29.3 Å². The molecule has 0 saturated heterocycles. The zero-order valence-corrected chi connectivity index (χ0v) is 8.21. The summed E-state index contributed by atoms with van der Waals surface area (Å²) in [6, 6.07) is 1.24. The summed E-state index contributed by atoms with van der Waals surface area (Å²) in [7, 11) is 0. The number of amides is 1. The number of hydrogen-bond donors (Lipinski definition) is 3. The van der Waals surface area contributed by atoms with Gasteiger partial charge in [0.2, 0.25) is 0 Å². The van der Waals surface area contributed by atoms with Crippen molar-refractivity contribution in [2.24, 2.45) is 0 Å². The molecule has 5 nitrogen and oxygen atoms in total. The number of nitrogens with two attached hydrogens (primary N) is 1. The van der Waals surface area contributed by atoms with E-state index >= 15 is 0 Å². The first-order valence-electron chi connectivity index (χ1n) is 4.21. The average Bonchev–Trinajstić information content (AvgIpc) is 2.17. The molecule has 4 N–H and O–H groups in total. The van der Waals surface area contributed by atoms with Crippen LogP contribution in [-0.4, -0.2) is 17.5 Å². The SMILES string of the molecule is Nc1cc(C(F)(F)F)c(NC(=O)O)cc1C=O. The molecule has 8 heteroatoms. The molecular weight excluding hydrogens is 241 g/mol. The Balaban J connectivity index is 3.41. The van der Waals surface area contributed by atoms with Crippen LogP contribution in [-0.2, 0) is 6.18 Å². The third-order valence-electron chi connectivity index (χ3n) is 1.90. The lowest BCUT2D eigenvalue weighted by Gasteiger charge is -2.14. The van der Waals surface area contributed by atoms with Crippen LogP contribution in [0.15, 0.2) is 12.1 Å². The van der Waals surface area contributed by atoms with Gasteiger partial charge in [0, 0.05) is 11.3 Å². The summed E-state index contributed by atoms with van der Waals surface area (Å²) in [4.78, 5) is 20.8. The predicted octanol–water partition coefficient (Wildman–Crippen LogP) is 2.19. The van der Waals surface area contributed by atoms with Crippen LogP contribution in [0.2, 0.25) is 0 Å². The van der Waals surface area contributed by atoms with Gasteiger partial charge in [-0.1, -0.05) is 0 Å². The van der Waals surface area contributed by atoms with E-state index in [9.17, 15) is 22.8 Å². The van der Waals surface area contributed by atoms with Gasteiger partial charge in [-0.3, -0.25) is 10.1 Å². The van der Waals surface area contributed by atoms with Crippen molar-refractivity contribution in [1.82, 2.24) is 0 Å². The first-order valence-corrected chi connectivity index (χ1v) is 4.21. The number of halogens is 3. The van der Waals surface area contributed by atoms with E-state index in [0.29, 0.717) is 6.07 Å². The number of alkyl halides is 3. The molecule has 1 rings (SSSR count). The molecule has 1 amide bonds. The summed E-state index contributed by atoms with van der Waals surface area (Å²) in [6.07, 6.45) is -6.20. The topological polar surface area (TPSA) is 92.4 Å². The number of nitrogens with one attached hydrogen (secondary N) is 1. The van der Waals surface area contributed by atoms with Gasteiger partial charge < -0.3 is 10.8 Å². The molecule has 0 radical (unpaired) electrons. The first-order chi connectivity index (χ1) is 7.75. The molecule has 0 spiro atoms. The van der Waals surface area contributed by atoms with E-state index in [-0.39, 0.29) is 17.5 Å². The van der Waals surface area contributed by atoms with Gasteiger partial charge in [-0.15, -0.1) is 0 Å². The molecule has 0 atom stereocenters. The van der Waals surface area contributed by atoms with E-state index in [2.05, 4.69) is 0 Å². The number of carboxylic acid groups (broad SMARTS) is 1. The molecule has 0 fully saturated rings. The monoisotopic (exact) mass is 248 g/mol.